The first kappa shape index (κ1) is 16.5. The number of hydrogen-bond donors (Lipinski definition) is 2. The Morgan fingerprint density at radius 2 is 1.00 bits per heavy atom. The van der Waals surface area contributed by atoms with Crippen LogP contribution in [0.4, 0.5) is 0 Å². The van der Waals surface area contributed by atoms with Gasteiger partial charge in [0.05, 0.1) is 11.5 Å². The van der Waals surface area contributed by atoms with E-state index in [0.29, 0.717) is 23.0 Å². The summed E-state index contributed by atoms with van der Waals surface area (Å²) in [6.45, 7) is 0. The molecule has 0 aromatic heterocycles. The van der Waals surface area contributed by atoms with Gasteiger partial charge >= 0.3 is 0 Å². The second-order valence-electron chi connectivity index (χ2n) is 2.80. The largest absolute Gasteiger partial charge is 0.286 e. The lowest BCUT2D eigenvalue weighted by atomic mass is 10.9. The molecule has 0 amide bonds. The van der Waals surface area contributed by atoms with Crippen molar-refractivity contribution in [1.29, 1.82) is 0 Å². The fraction of sp³-hybridized carbons (Fsp3) is 1.00. The maximum absolute atomic E-state index is 10.3. The van der Waals surface area contributed by atoms with Crippen LogP contribution in [0.2, 0.25) is 0 Å². The van der Waals surface area contributed by atoms with Gasteiger partial charge in [0.2, 0.25) is 0 Å². The molecule has 0 fully saturated rings. The van der Waals surface area contributed by atoms with E-state index in [0.717, 1.165) is 0 Å². The molecule has 16 heavy (non-hydrogen) atoms. The van der Waals surface area contributed by atoms with Crippen molar-refractivity contribution >= 4 is 43.8 Å². The van der Waals surface area contributed by atoms with Crippen molar-refractivity contribution in [3.05, 3.63) is 0 Å². The third-order valence-corrected chi connectivity index (χ3v) is 5.53. The third-order valence-electron chi connectivity index (χ3n) is 1.34. The van der Waals surface area contributed by atoms with Crippen LogP contribution in [-0.2, 0) is 20.2 Å². The molecule has 0 bridgehead atoms. The van der Waals surface area contributed by atoms with Crippen LogP contribution < -0.4 is 0 Å². The molecule has 0 heterocycles. The molecule has 0 aliphatic rings. The Morgan fingerprint density at radius 1 is 0.688 bits per heavy atom. The Morgan fingerprint density at radius 3 is 1.25 bits per heavy atom. The van der Waals surface area contributed by atoms with Gasteiger partial charge in [0.1, 0.15) is 0 Å². The quantitative estimate of drug-likeness (QED) is 0.460. The molecular formula is C6H14O6S4. The van der Waals surface area contributed by atoms with Crippen molar-refractivity contribution in [3.63, 3.8) is 0 Å². The Balaban J connectivity index is 3.29. The number of hydrogen-bond acceptors (Lipinski definition) is 6. The highest BCUT2D eigenvalue weighted by molar-refractivity contribution is 8.03. The predicted octanol–water partition coefficient (Wildman–Crippen LogP) is 0.228. The Bertz CT molecular complexity index is 334. The first-order valence-corrected chi connectivity index (χ1v) is 9.79. The summed E-state index contributed by atoms with van der Waals surface area (Å²) in [5.74, 6) is 1.44. The third kappa shape index (κ3) is 14.5. The molecule has 10 heteroatoms. The van der Waals surface area contributed by atoms with Crippen LogP contribution >= 0.6 is 23.5 Å². The van der Waals surface area contributed by atoms with Crippen LogP contribution in [0.1, 0.15) is 0 Å². The summed E-state index contributed by atoms with van der Waals surface area (Å²) in [5.41, 5.74) is 0. The van der Waals surface area contributed by atoms with Crippen LogP contribution in [0, 0.1) is 0 Å². The summed E-state index contributed by atoms with van der Waals surface area (Å²) in [6, 6.07) is 0. The molecule has 0 aliphatic carbocycles. The van der Waals surface area contributed by atoms with Crippen molar-refractivity contribution in [2.24, 2.45) is 0 Å². The van der Waals surface area contributed by atoms with Crippen LogP contribution in [0.25, 0.3) is 0 Å². The normalized spacial score (nSPS) is 12.9. The number of rotatable bonds is 9. The van der Waals surface area contributed by atoms with Gasteiger partial charge in [0.25, 0.3) is 20.2 Å². The molecule has 0 unspecified atom stereocenters. The Labute approximate surface area is 104 Å². The van der Waals surface area contributed by atoms with Crippen LogP contribution in [0.5, 0.6) is 0 Å². The second-order valence-corrected chi connectivity index (χ2v) is 8.39. The van der Waals surface area contributed by atoms with E-state index in [1.807, 2.05) is 0 Å². The van der Waals surface area contributed by atoms with E-state index in [1.165, 1.54) is 23.5 Å². The van der Waals surface area contributed by atoms with Crippen molar-refractivity contribution in [1.82, 2.24) is 0 Å². The lowest BCUT2D eigenvalue weighted by Gasteiger charge is -2.00. The monoisotopic (exact) mass is 310 g/mol. The van der Waals surface area contributed by atoms with Gasteiger partial charge in [-0.1, -0.05) is 0 Å². The van der Waals surface area contributed by atoms with Gasteiger partial charge < -0.3 is 0 Å². The van der Waals surface area contributed by atoms with E-state index >= 15 is 0 Å². The molecule has 2 N–H and O–H groups in total. The lowest BCUT2D eigenvalue weighted by molar-refractivity contribution is 0.483. The molecular weight excluding hydrogens is 296 g/mol. The Kier molecular flexibility index (Phi) is 8.02. The van der Waals surface area contributed by atoms with Gasteiger partial charge in [0, 0.05) is 23.0 Å². The van der Waals surface area contributed by atoms with E-state index in [1.54, 1.807) is 0 Å². The zero-order valence-corrected chi connectivity index (χ0v) is 11.7. The summed E-state index contributed by atoms with van der Waals surface area (Å²) in [6.07, 6.45) is 0. The van der Waals surface area contributed by atoms with E-state index in [-0.39, 0.29) is 11.5 Å². The van der Waals surface area contributed by atoms with Crippen molar-refractivity contribution in [2.75, 3.05) is 34.5 Å². The van der Waals surface area contributed by atoms with Crippen LogP contribution in [0.3, 0.4) is 0 Å². The second kappa shape index (κ2) is 7.77. The zero-order valence-electron chi connectivity index (χ0n) is 8.40. The highest BCUT2D eigenvalue weighted by atomic mass is 32.2. The van der Waals surface area contributed by atoms with Gasteiger partial charge in [0.15, 0.2) is 0 Å². The summed E-state index contributed by atoms with van der Waals surface area (Å²) in [5, 5.41) is 0. The summed E-state index contributed by atoms with van der Waals surface area (Å²) < 4.78 is 58.1. The molecule has 0 atom stereocenters. The number of thioether (sulfide) groups is 2. The van der Waals surface area contributed by atoms with E-state index in [9.17, 15) is 16.8 Å². The minimum Gasteiger partial charge on any atom is -0.286 e. The predicted molar refractivity (Wildman–Crippen MR) is 67.5 cm³/mol. The minimum atomic E-state index is -3.88. The molecule has 6 nitrogen and oxygen atoms in total. The summed E-state index contributed by atoms with van der Waals surface area (Å²) in [4.78, 5) is 0. The minimum absolute atomic E-state index is 0.270. The maximum Gasteiger partial charge on any atom is 0.265 e. The van der Waals surface area contributed by atoms with Gasteiger partial charge in [-0.3, -0.25) is 9.11 Å². The average Bonchev–Trinajstić information content (AvgIpc) is 2.06. The summed E-state index contributed by atoms with van der Waals surface area (Å²) in [7, 11) is -7.76. The maximum atomic E-state index is 10.3. The van der Waals surface area contributed by atoms with Crippen molar-refractivity contribution in [2.45, 2.75) is 0 Å². The zero-order chi connectivity index (χ0) is 12.7. The summed E-state index contributed by atoms with van der Waals surface area (Å²) >= 11 is 2.73. The molecule has 0 saturated heterocycles. The topological polar surface area (TPSA) is 109 Å². The SMILES string of the molecule is O=S(=O)(O)CCSCCSCCS(=O)(=O)O. The molecule has 0 aliphatic heterocycles. The molecule has 0 aromatic rings. The first-order chi connectivity index (χ1) is 7.21. The Hall–Kier alpha value is 0.520. The molecule has 0 rings (SSSR count). The molecule has 0 spiro atoms. The average molecular weight is 310 g/mol. The van der Waals surface area contributed by atoms with Gasteiger partial charge in [-0.2, -0.15) is 40.4 Å². The molecule has 0 saturated carbocycles. The highest BCUT2D eigenvalue weighted by Gasteiger charge is 2.05. The van der Waals surface area contributed by atoms with E-state index in [4.69, 9.17) is 9.11 Å². The van der Waals surface area contributed by atoms with Crippen LogP contribution in [0.15, 0.2) is 0 Å². The highest BCUT2D eigenvalue weighted by Crippen LogP contribution is 2.07. The van der Waals surface area contributed by atoms with Crippen molar-refractivity contribution < 1.29 is 25.9 Å². The first-order valence-electron chi connectivity index (χ1n) is 4.26. The molecule has 98 valence electrons. The fourth-order valence-corrected chi connectivity index (χ4v) is 4.63. The van der Waals surface area contributed by atoms with Gasteiger partial charge in [-0.15, -0.1) is 0 Å². The van der Waals surface area contributed by atoms with E-state index < -0.39 is 20.2 Å². The van der Waals surface area contributed by atoms with Crippen LogP contribution in [-0.4, -0.2) is 60.5 Å². The smallest absolute Gasteiger partial charge is 0.265 e. The standard InChI is InChI=1S/C6H14O6S4/c7-15(8,9)5-3-13-1-2-14-4-6-16(10,11)12/h1-6H2,(H,7,8,9)(H,10,11,12). The van der Waals surface area contributed by atoms with Gasteiger partial charge in [-0.05, 0) is 0 Å². The van der Waals surface area contributed by atoms with Gasteiger partial charge in [-0.25, -0.2) is 0 Å². The molecule has 0 aromatic carbocycles. The fourth-order valence-electron chi connectivity index (χ4n) is 0.650. The molecule has 0 radical (unpaired) electrons. The lowest BCUT2D eigenvalue weighted by Crippen LogP contribution is -2.07. The van der Waals surface area contributed by atoms with Crippen molar-refractivity contribution in [3.8, 4) is 0 Å². The van der Waals surface area contributed by atoms with E-state index in [2.05, 4.69) is 0 Å².